The van der Waals surface area contributed by atoms with Gasteiger partial charge in [0.05, 0.1) is 5.92 Å². The fraction of sp³-hybridized carbons (Fsp3) is 0.533. The molecule has 0 fully saturated rings. The number of aromatic nitrogens is 1. The number of hydrogen-bond acceptors (Lipinski definition) is 5. The van der Waals surface area contributed by atoms with Gasteiger partial charge < -0.3 is 15.7 Å². The number of oxime groups is 1. The molecule has 1 rings (SSSR count). The molecule has 0 aliphatic heterocycles. The van der Waals surface area contributed by atoms with Gasteiger partial charge in [-0.3, -0.25) is 9.78 Å². The van der Waals surface area contributed by atoms with Crippen LogP contribution in [0.15, 0.2) is 17.3 Å². The van der Waals surface area contributed by atoms with Crippen molar-refractivity contribution in [2.75, 3.05) is 0 Å². The van der Waals surface area contributed by atoms with Crippen molar-refractivity contribution in [2.24, 2.45) is 16.8 Å². The maximum atomic E-state index is 11.9. The molecular formula is C15H23N3O3. The van der Waals surface area contributed by atoms with E-state index in [2.05, 4.69) is 10.1 Å². The lowest BCUT2D eigenvalue weighted by atomic mass is 10.0. The van der Waals surface area contributed by atoms with Crippen molar-refractivity contribution in [1.82, 2.24) is 4.98 Å². The zero-order valence-electron chi connectivity index (χ0n) is 13.2. The molecule has 6 heteroatoms. The predicted octanol–water partition coefficient (Wildman–Crippen LogP) is 2.00. The summed E-state index contributed by atoms with van der Waals surface area (Å²) in [6.07, 6.45) is 0.478. The molecule has 0 saturated carbocycles. The third-order valence-corrected chi connectivity index (χ3v) is 2.85. The van der Waals surface area contributed by atoms with E-state index < -0.39 is 5.60 Å². The minimum atomic E-state index is -0.495. The van der Waals surface area contributed by atoms with Crippen molar-refractivity contribution in [1.29, 1.82) is 0 Å². The molecule has 6 nitrogen and oxygen atoms in total. The molecule has 1 aromatic heterocycles. The second-order valence-corrected chi connectivity index (χ2v) is 6.06. The van der Waals surface area contributed by atoms with Gasteiger partial charge in [0.15, 0.2) is 5.84 Å². The minimum Gasteiger partial charge on any atom is -0.460 e. The molecule has 3 N–H and O–H groups in total. The van der Waals surface area contributed by atoms with E-state index in [9.17, 15) is 4.79 Å². The smallest absolute Gasteiger partial charge is 0.309 e. The van der Waals surface area contributed by atoms with Gasteiger partial charge in [0, 0.05) is 23.4 Å². The summed E-state index contributed by atoms with van der Waals surface area (Å²) in [6, 6.07) is 3.50. The number of amidine groups is 1. The van der Waals surface area contributed by atoms with Crippen molar-refractivity contribution in [2.45, 2.75) is 46.6 Å². The Morgan fingerprint density at radius 3 is 2.57 bits per heavy atom. The normalized spacial score (nSPS) is 13.9. The number of pyridine rings is 1. The van der Waals surface area contributed by atoms with Crippen LogP contribution in [0.1, 0.15) is 44.6 Å². The van der Waals surface area contributed by atoms with Gasteiger partial charge in [-0.15, -0.1) is 0 Å². The Hall–Kier alpha value is -2.11. The lowest BCUT2D eigenvalue weighted by molar-refractivity contribution is -0.159. The molecule has 0 aliphatic carbocycles. The first-order valence-corrected chi connectivity index (χ1v) is 6.81. The van der Waals surface area contributed by atoms with Crippen LogP contribution in [0, 0.1) is 12.8 Å². The Morgan fingerprint density at radius 1 is 1.48 bits per heavy atom. The number of carbonyl (C=O) groups excluding carboxylic acids is 1. The maximum Gasteiger partial charge on any atom is 0.309 e. The summed E-state index contributed by atoms with van der Waals surface area (Å²) in [5.74, 6) is -0.514. The summed E-state index contributed by atoms with van der Waals surface area (Å²) < 4.78 is 5.34. The standard InChI is InChI=1S/C15H23N3O3/c1-9(14(19)21-15(3,4)5)8-11-6-7-12(10(2)17-11)13(16)18-20/h6-7,9,20H,8H2,1-5H3,(H2,16,18). The number of nitrogens with two attached hydrogens (primary N) is 1. The third kappa shape index (κ3) is 5.06. The van der Waals surface area contributed by atoms with Crippen LogP contribution < -0.4 is 5.73 Å². The Morgan fingerprint density at radius 2 is 2.10 bits per heavy atom. The van der Waals surface area contributed by atoms with E-state index in [4.69, 9.17) is 15.7 Å². The number of nitrogens with zero attached hydrogens (tertiary/aromatic N) is 2. The van der Waals surface area contributed by atoms with E-state index in [0.29, 0.717) is 17.7 Å². The van der Waals surface area contributed by atoms with Gasteiger partial charge in [-0.05, 0) is 39.8 Å². The van der Waals surface area contributed by atoms with E-state index in [0.717, 1.165) is 5.69 Å². The molecule has 1 aromatic rings. The van der Waals surface area contributed by atoms with Gasteiger partial charge in [-0.2, -0.15) is 0 Å². The molecule has 21 heavy (non-hydrogen) atoms. The van der Waals surface area contributed by atoms with Crippen LogP contribution in [-0.4, -0.2) is 27.6 Å². The first-order chi connectivity index (χ1) is 9.64. The van der Waals surface area contributed by atoms with Crippen molar-refractivity contribution >= 4 is 11.8 Å². The summed E-state index contributed by atoms with van der Waals surface area (Å²) in [6.45, 7) is 9.10. The van der Waals surface area contributed by atoms with Gasteiger partial charge in [0.25, 0.3) is 0 Å². The number of esters is 1. The SMILES string of the molecule is Cc1nc(CC(C)C(=O)OC(C)(C)C)ccc1/C(N)=N/O. The first-order valence-electron chi connectivity index (χ1n) is 6.81. The van der Waals surface area contributed by atoms with Crippen LogP contribution in [0.3, 0.4) is 0 Å². The lowest BCUT2D eigenvalue weighted by Gasteiger charge is -2.22. The molecule has 0 bridgehead atoms. The van der Waals surface area contributed by atoms with Crippen molar-refractivity contribution in [3.05, 3.63) is 29.1 Å². The quantitative estimate of drug-likeness (QED) is 0.291. The lowest BCUT2D eigenvalue weighted by Crippen LogP contribution is -2.28. The summed E-state index contributed by atoms with van der Waals surface area (Å²) in [5.41, 5.74) is 7.05. The zero-order valence-corrected chi connectivity index (χ0v) is 13.2. The molecular weight excluding hydrogens is 270 g/mol. The van der Waals surface area contributed by atoms with Crippen LogP contribution in [0.5, 0.6) is 0 Å². The highest BCUT2D eigenvalue weighted by Gasteiger charge is 2.22. The van der Waals surface area contributed by atoms with Crippen LogP contribution in [0.2, 0.25) is 0 Å². The van der Waals surface area contributed by atoms with Gasteiger partial charge in [0.2, 0.25) is 0 Å². The van der Waals surface area contributed by atoms with Crippen molar-refractivity contribution in [3.63, 3.8) is 0 Å². The first kappa shape index (κ1) is 16.9. The Labute approximate surface area is 125 Å². The molecule has 116 valence electrons. The molecule has 0 aromatic carbocycles. The summed E-state index contributed by atoms with van der Waals surface area (Å²) in [7, 11) is 0. The van der Waals surface area contributed by atoms with E-state index in [1.165, 1.54) is 0 Å². The summed E-state index contributed by atoms with van der Waals surface area (Å²) in [4.78, 5) is 16.3. The number of ether oxygens (including phenoxy) is 1. The number of carbonyl (C=O) groups is 1. The summed E-state index contributed by atoms with van der Waals surface area (Å²) in [5, 5.41) is 11.6. The Kier molecular flexibility index (Phi) is 5.29. The second kappa shape index (κ2) is 6.56. The molecule has 1 atom stereocenters. The topological polar surface area (TPSA) is 97.8 Å². The zero-order chi connectivity index (χ0) is 16.2. The van der Waals surface area contributed by atoms with Crippen molar-refractivity contribution in [3.8, 4) is 0 Å². The van der Waals surface area contributed by atoms with Gasteiger partial charge in [-0.25, -0.2) is 0 Å². The molecule has 1 unspecified atom stereocenters. The molecule has 0 amide bonds. The highest BCUT2D eigenvalue weighted by molar-refractivity contribution is 5.97. The van der Waals surface area contributed by atoms with Gasteiger partial charge in [0.1, 0.15) is 5.60 Å². The van der Waals surface area contributed by atoms with Crippen LogP contribution in [0.4, 0.5) is 0 Å². The van der Waals surface area contributed by atoms with Crippen LogP contribution in [0.25, 0.3) is 0 Å². The highest BCUT2D eigenvalue weighted by Crippen LogP contribution is 2.15. The third-order valence-electron chi connectivity index (χ3n) is 2.85. The number of hydrogen-bond donors (Lipinski definition) is 2. The Bertz CT molecular complexity index is 548. The monoisotopic (exact) mass is 293 g/mol. The van der Waals surface area contributed by atoms with Gasteiger partial charge in [-0.1, -0.05) is 12.1 Å². The van der Waals surface area contributed by atoms with Gasteiger partial charge >= 0.3 is 5.97 Å². The van der Waals surface area contributed by atoms with E-state index >= 15 is 0 Å². The fourth-order valence-corrected chi connectivity index (χ4v) is 1.85. The minimum absolute atomic E-state index is 0.0201. The molecule has 0 radical (unpaired) electrons. The molecule has 0 aliphatic rings. The highest BCUT2D eigenvalue weighted by atomic mass is 16.6. The van der Waals surface area contributed by atoms with E-state index in [-0.39, 0.29) is 17.7 Å². The van der Waals surface area contributed by atoms with E-state index in [1.54, 1.807) is 19.1 Å². The molecule has 0 spiro atoms. The average Bonchev–Trinajstić information content (AvgIpc) is 2.36. The van der Waals surface area contributed by atoms with Crippen molar-refractivity contribution < 1.29 is 14.7 Å². The second-order valence-electron chi connectivity index (χ2n) is 6.06. The number of rotatable bonds is 4. The maximum absolute atomic E-state index is 11.9. The molecule has 1 heterocycles. The Balaban J connectivity index is 2.80. The summed E-state index contributed by atoms with van der Waals surface area (Å²) >= 11 is 0. The fourth-order valence-electron chi connectivity index (χ4n) is 1.85. The largest absolute Gasteiger partial charge is 0.460 e. The number of aryl methyl sites for hydroxylation is 1. The van der Waals surface area contributed by atoms with E-state index in [1.807, 2.05) is 27.7 Å². The average molecular weight is 293 g/mol. The molecule has 0 saturated heterocycles. The van der Waals surface area contributed by atoms with Crippen LogP contribution >= 0.6 is 0 Å². The van der Waals surface area contributed by atoms with Crippen LogP contribution in [-0.2, 0) is 16.0 Å². The predicted molar refractivity (Wildman–Crippen MR) is 80.2 cm³/mol.